The SMILES string of the molecule is CCCCCCCCCc1ccc(OC(F)(F)c2c(F)c[c]c(Oc3ccc(CCCCC)cc3)c2F)cc1. The van der Waals surface area contributed by atoms with Crippen molar-refractivity contribution in [3.63, 3.8) is 0 Å². The maximum atomic E-state index is 15.1. The molecule has 211 valence electrons. The van der Waals surface area contributed by atoms with E-state index >= 15 is 4.39 Å². The Morgan fingerprint density at radius 3 is 1.74 bits per heavy atom. The zero-order valence-electron chi connectivity index (χ0n) is 23.0. The second-order valence-electron chi connectivity index (χ2n) is 9.99. The van der Waals surface area contributed by atoms with E-state index in [0.29, 0.717) is 6.07 Å². The first-order valence-corrected chi connectivity index (χ1v) is 14.2. The molecule has 0 aliphatic rings. The van der Waals surface area contributed by atoms with Crippen LogP contribution in [0.2, 0.25) is 0 Å². The standard InChI is InChI=1S/C33H39F4O2/c1-3-5-7-8-9-10-12-14-26-17-21-28(22-18-26)39-33(36,37)31-29(34)23-24-30(32(31)35)38-27-19-15-25(16-20-27)13-11-6-4-2/h15-23H,3-14H2,1-2H3. The molecule has 0 heterocycles. The highest BCUT2D eigenvalue weighted by atomic mass is 19.3. The summed E-state index contributed by atoms with van der Waals surface area (Å²) in [6.45, 7) is 4.32. The Balaban J connectivity index is 1.61. The lowest BCUT2D eigenvalue weighted by Crippen LogP contribution is -2.25. The molecule has 0 unspecified atom stereocenters. The molecule has 0 amide bonds. The summed E-state index contributed by atoms with van der Waals surface area (Å²) in [6, 6.07) is 16.0. The summed E-state index contributed by atoms with van der Waals surface area (Å²) in [5.74, 6) is -3.59. The maximum Gasteiger partial charge on any atom is 0.432 e. The quantitative estimate of drug-likeness (QED) is 0.125. The van der Waals surface area contributed by atoms with E-state index < -0.39 is 29.1 Å². The fourth-order valence-corrected chi connectivity index (χ4v) is 4.45. The number of rotatable bonds is 17. The topological polar surface area (TPSA) is 18.5 Å². The van der Waals surface area contributed by atoms with Gasteiger partial charge >= 0.3 is 6.11 Å². The van der Waals surface area contributed by atoms with E-state index in [1.54, 1.807) is 24.3 Å². The van der Waals surface area contributed by atoms with Crippen molar-refractivity contribution in [3.8, 4) is 17.2 Å². The van der Waals surface area contributed by atoms with Gasteiger partial charge in [-0.1, -0.05) is 89.5 Å². The van der Waals surface area contributed by atoms with Crippen LogP contribution in [0.5, 0.6) is 17.2 Å². The smallest absolute Gasteiger partial charge is 0.432 e. The van der Waals surface area contributed by atoms with Gasteiger partial charge in [0.25, 0.3) is 0 Å². The highest BCUT2D eigenvalue weighted by Crippen LogP contribution is 2.38. The van der Waals surface area contributed by atoms with Gasteiger partial charge < -0.3 is 9.47 Å². The Labute approximate surface area is 230 Å². The Hall–Kier alpha value is -3.02. The number of alkyl halides is 2. The monoisotopic (exact) mass is 543 g/mol. The number of halogens is 4. The minimum Gasteiger partial charge on any atom is -0.454 e. The molecule has 0 aliphatic heterocycles. The molecule has 0 aromatic heterocycles. The summed E-state index contributed by atoms with van der Waals surface area (Å²) in [5.41, 5.74) is 0.575. The van der Waals surface area contributed by atoms with Crippen molar-refractivity contribution in [2.75, 3.05) is 0 Å². The molecule has 3 rings (SSSR count). The lowest BCUT2D eigenvalue weighted by Gasteiger charge is -2.20. The average Bonchev–Trinajstić information content (AvgIpc) is 2.91. The van der Waals surface area contributed by atoms with E-state index in [1.165, 1.54) is 44.2 Å². The molecule has 39 heavy (non-hydrogen) atoms. The molecule has 0 aliphatic carbocycles. The largest absolute Gasteiger partial charge is 0.454 e. The van der Waals surface area contributed by atoms with Crippen molar-refractivity contribution in [1.82, 2.24) is 0 Å². The van der Waals surface area contributed by atoms with Gasteiger partial charge in [-0.2, -0.15) is 8.78 Å². The second kappa shape index (κ2) is 15.5. The van der Waals surface area contributed by atoms with Crippen molar-refractivity contribution in [3.05, 3.63) is 89.0 Å². The first-order chi connectivity index (χ1) is 18.8. The third-order valence-electron chi connectivity index (χ3n) is 6.73. The molecule has 3 aromatic rings. The van der Waals surface area contributed by atoms with Gasteiger partial charge in [0.1, 0.15) is 22.9 Å². The normalized spacial score (nSPS) is 11.5. The number of hydrogen-bond acceptors (Lipinski definition) is 2. The van der Waals surface area contributed by atoms with Gasteiger partial charge in [0, 0.05) is 6.07 Å². The van der Waals surface area contributed by atoms with Crippen LogP contribution in [0, 0.1) is 17.7 Å². The zero-order chi connectivity index (χ0) is 28.1. The second-order valence-corrected chi connectivity index (χ2v) is 9.99. The van der Waals surface area contributed by atoms with E-state index in [2.05, 4.69) is 19.9 Å². The predicted octanol–water partition coefficient (Wildman–Crippen LogP) is 10.7. The van der Waals surface area contributed by atoms with Crippen LogP contribution in [-0.2, 0) is 19.0 Å². The van der Waals surface area contributed by atoms with Crippen LogP contribution >= 0.6 is 0 Å². The maximum absolute atomic E-state index is 15.1. The Morgan fingerprint density at radius 2 is 1.15 bits per heavy atom. The van der Waals surface area contributed by atoms with Crippen molar-refractivity contribution in [2.45, 2.75) is 97.0 Å². The van der Waals surface area contributed by atoms with Gasteiger partial charge in [0.2, 0.25) is 0 Å². The van der Waals surface area contributed by atoms with Crippen LogP contribution in [0.4, 0.5) is 17.6 Å². The van der Waals surface area contributed by atoms with Gasteiger partial charge in [-0.05, 0) is 67.1 Å². The molecule has 0 saturated heterocycles. The summed E-state index contributed by atoms with van der Waals surface area (Å²) in [7, 11) is 0. The van der Waals surface area contributed by atoms with E-state index in [9.17, 15) is 13.2 Å². The molecule has 0 fully saturated rings. The van der Waals surface area contributed by atoms with Crippen LogP contribution < -0.4 is 9.47 Å². The highest BCUT2D eigenvalue weighted by Gasteiger charge is 2.42. The fourth-order valence-electron chi connectivity index (χ4n) is 4.45. The minimum atomic E-state index is -4.26. The number of unbranched alkanes of at least 4 members (excludes halogenated alkanes) is 8. The summed E-state index contributed by atoms with van der Waals surface area (Å²) in [6.07, 6.45) is 9.08. The van der Waals surface area contributed by atoms with E-state index in [1.807, 2.05) is 12.1 Å². The third kappa shape index (κ3) is 9.59. The summed E-state index contributed by atoms with van der Waals surface area (Å²) >= 11 is 0. The van der Waals surface area contributed by atoms with Crippen LogP contribution in [0.25, 0.3) is 0 Å². The van der Waals surface area contributed by atoms with Crippen LogP contribution in [0.1, 0.15) is 94.7 Å². The zero-order valence-corrected chi connectivity index (χ0v) is 23.0. The first-order valence-electron chi connectivity index (χ1n) is 14.2. The molecule has 0 atom stereocenters. The molecule has 3 aromatic carbocycles. The van der Waals surface area contributed by atoms with Gasteiger partial charge in [-0.15, -0.1) is 0 Å². The van der Waals surface area contributed by atoms with Gasteiger partial charge in [-0.3, -0.25) is 0 Å². The van der Waals surface area contributed by atoms with Crippen LogP contribution in [0.15, 0.2) is 54.6 Å². The van der Waals surface area contributed by atoms with Gasteiger partial charge in [-0.25, -0.2) is 8.78 Å². The lowest BCUT2D eigenvalue weighted by molar-refractivity contribution is -0.189. The lowest BCUT2D eigenvalue weighted by atomic mass is 10.0. The summed E-state index contributed by atoms with van der Waals surface area (Å²) in [4.78, 5) is 0. The molecule has 0 saturated carbocycles. The van der Waals surface area contributed by atoms with Crippen molar-refractivity contribution in [2.24, 2.45) is 0 Å². The fraction of sp³-hybridized carbons (Fsp3) is 0.455. The van der Waals surface area contributed by atoms with Crippen molar-refractivity contribution >= 4 is 0 Å². The molecule has 6 heteroatoms. The van der Waals surface area contributed by atoms with Crippen LogP contribution in [-0.4, -0.2) is 0 Å². The molecule has 0 N–H and O–H groups in total. The molecule has 2 nitrogen and oxygen atoms in total. The number of aryl methyl sites for hydroxylation is 2. The predicted molar refractivity (Wildman–Crippen MR) is 148 cm³/mol. The van der Waals surface area contributed by atoms with E-state index in [4.69, 9.17) is 9.47 Å². The van der Waals surface area contributed by atoms with Crippen LogP contribution in [0.3, 0.4) is 0 Å². The van der Waals surface area contributed by atoms with Crippen molar-refractivity contribution < 1.29 is 27.0 Å². The Bertz CT molecular complexity index is 1130. The molecule has 1 radical (unpaired) electrons. The first kappa shape index (κ1) is 30.5. The minimum absolute atomic E-state index is 0.184. The molecule has 0 spiro atoms. The highest BCUT2D eigenvalue weighted by molar-refractivity contribution is 5.38. The third-order valence-corrected chi connectivity index (χ3v) is 6.73. The van der Waals surface area contributed by atoms with Crippen molar-refractivity contribution in [1.29, 1.82) is 0 Å². The van der Waals surface area contributed by atoms with E-state index in [0.717, 1.165) is 56.1 Å². The molecular weight excluding hydrogens is 504 g/mol. The van der Waals surface area contributed by atoms with Gasteiger partial charge in [0.15, 0.2) is 11.6 Å². The molecular formula is C33H39F4O2. The summed E-state index contributed by atoms with van der Waals surface area (Å²) in [5, 5.41) is 0. The average molecular weight is 544 g/mol. The number of hydrogen-bond donors (Lipinski definition) is 0. The number of ether oxygens (including phenoxy) is 2. The van der Waals surface area contributed by atoms with Gasteiger partial charge in [0.05, 0.1) is 0 Å². The summed E-state index contributed by atoms with van der Waals surface area (Å²) < 4.78 is 69.7. The Kier molecular flexibility index (Phi) is 12.2. The van der Waals surface area contributed by atoms with E-state index in [-0.39, 0.29) is 11.5 Å². The molecule has 0 bridgehead atoms. The number of benzene rings is 3. The Morgan fingerprint density at radius 1 is 0.667 bits per heavy atom.